The monoisotopic (exact) mass is 808 g/mol. The normalized spacial score (nSPS) is 31.7. The van der Waals surface area contributed by atoms with Gasteiger partial charge in [-0.1, -0.05) is 0 Å². The molecule has 0 atom stereocenters. The van der Waals surface area contributed by atoms with Crippen LogP contribution < -0.4 is 0 Å². The van der Waals surface area contributed by atoms with Crippen LogP contribution in [-0.2, 0) is 14.8 Å². The minimum Gasteiger partial charge on any atom is -0.541 e. The molecule has 1 aromatic rings. The van der Waals surface area contributed by atoms with E-state index in [1.54, 1.807) is 6.07 Å². The Hall–Kier alpha value is 0.580. The van der Waals surface area contributed by atoms with E-state index in [0.29, 0.717) is 17.4 Å². The summed E-state index contributed by atoms with van der Waals surface area (Å²) in [6.45, 7) is -0.543. The van der Waals surface area contributed by atoms with Crippen molar-refractivity contribution in [3.8, 4) is 0 Å². The highest BCUT2D eigenvalue weighted by molar-refractivity contribution is 14.1. The smallest absolute Gasteiger partial charge is 0.480 e. The fourth-order valence-corrected chi connectivity index (χ4v) is 8.81. The van der Waals surface area contributed by atoms with Gasteiger partial charge in [0.25, 0.3) is 0 Å². The predicted octanol–water partition coefficient (Wildman–Crippen LogP) is 6.47. The minimum absolute atomic E-state index is 0.0135. The maximum atomic E-state index is 13.3. The van der Waals surface area contributed by atoms with Gasteiger partial charge in [0.1, 0.15) is 5.60 Å². The average Bonchev–Trinajstić information content (AvgIpc) is 2.66. The molecule has 0 amide bonds. The molecule has 0 aliphatic heterocycles. The second-order valence-electron chi connectivity index (χ2n) is 8.92. The zero-order valence-corrected chi connectivity index (χ0v) is 24.0. The summed E-state index contributed by atoms with van der Waals surface area (Å²) in [4.78, 5) is 13.3. The number of benzene rings is 1. The highest BCUT2D eigenvalue weighted by atomic mass is 127. The zero-order valence-electron chi connectivity index (χ0n) is 16.7. The van der Waals surface area contributed by atoms with Crippen LogP contribution in [0, 0.1) is 34.4 Å². The number of carbonyl (C=O) groups excluding carboxylic acids is 1. The summed E-state index contributed by atoms with van der Waals surface area (Å²) in [5.41, 5.74) is -5.98. The molecule has 0 aromatic heterocycles. The van der Waals surface area contributed by atoms with Crippen molar-refractivity contribution in [2.75, 3.05) is 6.54 Å². The number of hydrogen-bond acceptors (Lipinski definition) is 4. The van der Waals surface area contributed by atoms with E-state index in [1.165, 1.54) is 0 Å². The third-order valence-electron chi connectivity index (χ3n) is 7.07. The highest BCUT2D eigenvalue weighted by Gasteiger charge is 2.59. The van der Waals surface area contributed by atoms with Crippen molar-refractivity contribution in [2.45, 2.75) is 49.6 Å². The lowest BCUT2D eigenvalue weighted by molar-refractivity contribution is -0.177. The number of carbonyl (C=O) groups is 1. The van der Waals surface area contributed by atoms with Crippen LogP contribution >= 0.6 is 67.8 Å². The van der Waals surface area contributed by atoms with Gasteiger partial charge in [0.05, 0.1) is 5.56 Å². The summed E-state index contributed by atoms with van der Waals surface area (Å²) in [5.74, 6) is 0.617. The van der Waals surface area contributed by atoms with Gasteiger partial charge < -0.3 is 9.46 Å². The molecular weight excluding hydrogens is 788 g/mol. The van der Waals surface area contributed by atoms with Gasteiger partial charge in [-0.3, -0.25) is 0 Å². The molecule has 0 heterocycles. The molecule has 0 N–H and O–H groups in total. The van der Waals surface area contributed by atoms with E-state index < -0.39 is 33.6 Å². The molecule has 4 saturated carbocycles. The Balaban J connectivity index is 1.62. The first-order chi connectivity index (χ1) is 14.8. The molecule has 4 fully saturated rings. The lowest BCUT2D eigenvalue weighted by Gasteiger charge is -2.60. The molecule has 5 rings (SSSR count). The number of esters is 1. The average molecular weight is 808 g/mol. The maximum Gasteiger partial charge on any atom is 0.480 e. The van der Waals surface area contributed by atoms with Crippen molar-refractivity contribution in [2.24, 2.45) is 23.7 Å². The van der Waals surface area contributed by atoms with Gasteiger partial charge in [-0.15, -0.1) is 6.54 Å². The molecule has 1 aromatic carbocycles. The van der Waals surface area contributed by atoms with E-state index >= 15 is 0 Å². The molecule has 178 valence electrons. The molecule has 32 heavy (non-hydrogen) atoms. The largest absolute Gasteiger partial charge is 0.541 e. The van der Waals surface area contributed by atoms with Gasteiger partial charge in [-0.25, -0.2) is 13.2 Å². The van der Waals surface area contributed by atoms with Crippen LogP contribution in [0.4, 0.5) is 13.2 Å². The lowest BCUT2D eigenvalue weighted by Crippen LogP contribution is -2.60. The van der Waals surface area contributed by atoms with E-state index in [1.807, 2.05) is 6.07 Å². The summed E-state index contributed by atoms with van der Waals surface area (Å²) in [6.07, 6.45) is 4.55. The molecule has 0 saturated heterocycles. The topological polar surface area (TPSA) is 74.5 Å². The summed E-state index contributed by atoms with van der Waals surface area (Å²) in [6, 6.07) is 3.69. The van der Waals surface area contributed by atoms with Crippen LogP contribution in [-0.4, -0.2) is 32.0 Å². The van der Waals surface area contributed by atoms with Crippen LogP contribution in [0.5, 0.6) is 0 Å². The number of alkyl halides is 3. The Bertz CT molecular complexity index is 1000. The Morgan fingerprint density at radius 1 is 1.06 bits per heavy atom. The molecule has 0 spiro atoms. The summed E-state index contributed by atoms with van der Waals surface area (Å²) in [5, 5.41) is 0. The minimum atomic E-state index is -5.57. The molecule has 4 aliphatic carbocycles. The van der Waals surface area contributed by atoms with Crippen LogP contribution in [0.1, 0.15) is 48.9 Å². The van der Waals surface area contributed by atoms with Crippen molar-refractivity contribution in [3.05, 3.63) is 33.1 Å². The van der Waals surface area contributed by atoms with Crippen molar-refractivity contribution < 1.29 is 31.1 Å². The van der Waals surface area contributed by atoms with Gasteiger partial charge in [0.15, 0.2) is 10.0 Å². The summed E-state index contributed by atoms with van der Waals surface area (Å²) in [7, 11) is -5.57. The van der Waals surface area contributed by atoms with E-state index in [2.05, 4.69) is 72.5 Å². The number of rotatable bonds is 6. The van der Waals surface area contributed by atoms with Crippen LogP contribution in [0.25, 0.3) is 4.72 Å². The van der Waals surface area contributed by atoms with Crippen molar-refractivity contribution >= 4 is 83.8 Å². The molecule has 4 aliphatic rings. The number of hydrogen-bond donors (Lipinski definition) is 0. The maximum absolute atomic E-state index is 13.3. The van der Waals surface area contributed by atoms with E-state index in [4.69, 9.17) is 4.74 Å². The third kappa shape index (κ3) is 4.81. The quantitative estimate of drug-likeness (QED) is 0.188. The van der Waals surface area contributed by atoms with Gasteiger partial charge in [-0.2, -0.15) is 13.2 Å². The Morgan fingerprint density at radius 3 is 2.16 bits per heavy atom. The number of halogens is 6. The SMILES string of the molecule is O=C(OC1(CC[N-]S(=O)(=O)C(F)(F)F)C2CC3CC(C2)CC1C3)c1cc(I)cc(I)c1I. The van der Waals surface area contributed by atoms with E-state index in [0.717, 1.165) is 42.8 Å². The first kappa shape index (κ1) is 25.7. The lowest BCUT2D eigenvalue weighted by atomic mass is 9.49. The highest BCUT2D eigenvalue weighted by Crippen LogP contribution is 2.61. The van der Waals surface area contributed by atoms with Gasteiger partial charge >= 0.3 is 11.5 Å². The van der Waals surface area contributed by atoms with Crippen molar-refractivity contribution in [3.63, 3.8) is 0 Å². The molecule has 0 unspecified atom stereocenters. The number of sulfonamides is 1. The number of ether oxygens (including phenoxy) is 1. The standard InChI is InChI=1S/C20H20F3I3NO4S/c21-20(22,23)32(29,30)27-2-1-19(12-4-10-3-11(6-12)7-13(19)5-10)31-18(28)15-8-14(24)9-16(25)17(15)26/h8-13H,1-7H2/q-1. The fourth-order valence-electron chi connectivity index (χ4n) is 5.95. The second kappa shape index (κ2) is 9.22. The van der Waals surface area contributed by atoms with Crippen LogP contribution in [0.15, 0.2) is 12.1 Å². The van der Waals surface area contributed by atoms with Crippen molar-refractivity contribution in [1.29, 1.82) is 0 Å². The third-order valence-corrected chi connectivity index (χ3v) is 11.8. The first-order valence-electron chi connectivity index (χ1n) is 10.2. The van der Waals surface area contributed by atoms with Gasteiger partial charge in [0, 0.05) is 10.7 Å². The predicted molar refractivity (Wildman–Crippen MR) is 138 cm³/mol. The van der Waals surface area contributed by atoms with Crippen LogP contribution in [0.2, 0.25) is 0 Å². The summed E-state index contributed by atoms with van der Waals surface area (Å²) < 4.78 is 73.0. The summed E-state index contributed by atoms with van der Waals surface area (Å²) >= 11 is 6.37. The van der Waals surface area contributed by atoms with Crippen molar-refractivity contribution in [1.82, 2.24) is 0 Å². The number of nitrogens with zero attached hydrogens (tertiary/aromatic N) is 1. The van der Waals surface area contributed by atoms with Crippen LogP contribution in [0.3, 0.4) is 0 Å². The van der Waals surface area contributed by atoms with E-state index in [-0.39, 0.29) is 18.3 Å². The van der Waals surface area contributed by atoms with Gasteiger partial charge in [-0.05, 0) is 142 Å². The fraction of sp³-hybridized carbons (Fsp3) is 0.650. The van der Waals surface area contributed by atoms with E-state index in [9.17, 15) is 26.4 Å². The zero-order chi connectivity index (χ0) is 23.5. The molecule has 5 nitrogen and oxygen atoms in total. The Labute approximate surface area is 225 Å². The Kier molecular flexibility index (Phi) is 7.40. The van der Waals surface area contributed by atoms with Gasteiger partial charge in [0.2, 0.25) is 0 Å². The Morgan fingerprint density at radius 2 is 1.62 bits per heavy atom. The molecule has 12 heteroatoms. The first-order valence-corrected chi connectivity index (χ1v) is 14.9. The second-order valence-corrected chi connectivity index (χ2v) is 14.1. The molecule has 0 radical (unpaired) electrons. The molecular formula is C20H20F3I3NO4S-. The molecule has 4 bridgehead atoms.